The molecule has 0 spiro atoms. The number of rotatable bonds is 4. The molecule has 1 heterocycles. The number of benzene rings is 1. The fraction of sp³-hybridized carbons (Fsp3) is 0.400. The smallest absolute Gasteiger partial charge is 0.244 e. The Kier molecular flexibility index (Phi) is 4.57. The van der Waals surface area contributed by atoms with Gasteiger partial charge in [0.05, 0.1) is 11.2 Å². The van der Waals surface area contributed by atoms with Crippen LogP contribution in [0.5, 0.6) is 0 Å². The molecular formula is C20H20Cl2N2O2. The molecule has 0 bridgehead atoms. The molecule has 0 saturated heterocycles. The lowest BCUT2D eigenvalue weighted by atomic mass is 9.90. The van der Waals surface area contributed by atoms with Gasteiger partial charge in [-0.05, 0) is 54.5 Å². The zero-order chi connectivity index (χ0) is 18.3. The van der Waals surface area contributed by atoms with E-state index in [0.29, 0.717) is 27.5 Å². The van der Waals surface area contributed by atoms with Gasteiger partial charge in [0, 0.05) is 16.5 Å². The van der Waals surface area contributed by atoms with Crippen LogP contribution < -0.4 is 5.43 Å². The number of hydrogen-bond donors (Lipinski definition) is 1. The van der Waals surface area contributed by atoms with Crippen molar-refractivity contribution in [3.8, 4) is 11.3 Å². The van der Waals surface area contributed by atoms with Crippen molar-refractivity contribution in [1.82, 2.24) is 5.43 Å². The molecule has 0 aliphatic heterocycles. The van der Waals surface area contributed by atoms with Gasteiger partial charge >= 0.3 is 0 Å². The Morgan fingerprint density at radius 3 is 2.88 bits per heavy atom. The van der Waals surface area contributed by atoms with Crippen LogP contribution in [0.15, 0.2) is 39.9 Å². The van der Waals surface area contributed by atoms with Crippen molar-refractivity contribution in [3.05, 3.63) is 46.1 Å². The van der Waals surface area contributed by atoms with Crippen LogP contribution in [0.4, 0.5) is 0 Å². The summed E-state index contributed by atoms with van der Waals surface area (Å²) in [5.74, 6) is 1.81. The van der Waals surface area contributed by atoms with Crippen LogP contribution in [0.2, 0.25) is 10.0 Å². The SMILES string of the molecule is C[C@]12CCCC[C@@H]1[C@H]2C(=O)N/N=C\c1ccc(-c2ccc(Cl)cc2Cl)o1. The van der Waals surface area contributed by atoms with Gasteiger partial charge in [-0.1, -0.05) is 43.0 Å². The van der Waals surface area contributed by atoms with Crippen molar-refractivity contribution < 1.29 is 9.21 Å². The zero-order valence-electron chi connectivity index (χ0n) is 14.5. The molecule has 4 nitrogen and oxygen atoms in total. The maximum atomic E-state index is 12.4. The quantitative estimate of drug-likeness (QED) is 0.550. The van der Waals surface area contributed by atoms with Crippen LogP contribution in [0.3, 0.4) is 0 Å². The summed E-state index contributed by atoms with van der Waals surface area (Å²) in [6.45, 7) is 2.22. The summed E-state index contributed by atoms with van der Waals surface area (Å²) in [6, 6.07) is 8.84. The third kappa shape index (κ3) is 3.17. The molecule has 26 heavy (non-hydrogen) atoms. The molecule has 1 aromatic carbocycles. The van der Waals surface area contributed by atoms with Crippen LogP contribution >= 0.6 is 23.2 Å². The predicted octanol–water partition coefficient (Wildman–Crippen LogP) is 5.53. The van der Waals surface area contributed by atoms with E-state index < -0.39 is 0 Å². The Balaban J connectivity index is 1.39. The molecular weight excluding hydrogens is 371 g/mol. The summed E-state index contributed by atoms with van der Waals surface area (Å²) >= 11 is 12.1. The first kappa shape index (κ1) is 17.6. The average molecular weight is 391 g/mol. The molecule has 2 aliphatic rings. The van der Waals surface area contributed by atoms with Gasteiger partial charge in [0.2, 0.25) is 5.91 Å². The third-order valence-corrected chi connectivity index (χ3v) is 6.35. The fourth-order valence-electron chi connectivity index (χ4n) is 4.34. The average Bonchev–Trinajstić information content (AvgIpc) is 2.97. The number of amides is 1. The Hall–Kier alpha value is -1.78. The Bertz CT molecular complexity index is 876. The van der Waals surface area contributed by atoms with Gasteiger partial charge in [0.1, 0.15) is 11.5 Å². The van der Waals surface area contributed by atoms with Crippen LogP contribution in [-0.2, 0) is 4.79 Å². The van der Waals surface area contributed by atoms with Gasteiger partial charge in [-0.2, -0.15) is 5.10 Å². The van der Waals surface area contributed by atoms with Crippen LogP contribution in [0, 0.1) is 17.3 Å². The van der Waals surface area contributed by atoms with Crippen molar-refractivity contribution >= 4 is 35.3 Å². The van der Waals surface area contributed by atoms with Crippen LogP contribution in [-0.4, -0.2) is 12.1 Å². The van der Waals surface area contributed by atoms with Crippen LogP contribution in [0.25, 0.3) is 11.3 Å². The van der Waals surface area contributed by atoms with Crippen LogP contribution in [0.1, 0.15) is 38.4 Å². The van der Waals surface area contributed by atoms with Gasteiger partial charge in [0.15, 0.2) is 0 Å². The summed E-state index contributed by atoms with van der Waals surface area (Å²) in [7, 11) is 0. The maximum Gasteiger partial charge on any atom is 0.244 e. The number of hydrogen-bond acceptors (Lipinski definition) is 3. The van der Waals surface area contributed by atoms with Crippen molar-refractivity contribution in [2.45, 2.75) is 32.6 Å². The number of fused-ring (bicyclic) bond motifs is 1. The highest BCUT2D eigenvalue weighted by Crippen LogP contribution is 2.66. The number of carbonyl (C=O) groups is 1. The minimum atomic E-state index is 0.0168. The fourth-order valence-corrected chi connectivity index (χ4v) is 4.84. The van der Waals surface area contributed by atoms with Crippen molar-refractivity contribution in [1.29, 1.82) is 0 Å². The zero-order valence-corrected chi connectivity index (χ0v) is 16.0. The normalized spacial score (nSPS) is 27.3. The Morgan fingerprint density at radius 2 is 2.15 bits per heavy atom. The molecule has 1 N–H and O–H groups in total. The minimum Gasteiger partial charge on any atom is -0.455 e. The van der Waals surface area contributed by atoms with E-state index in [2.05, 4.69) is 17.5 Å². The highest BCUT2D eigenvalue weighted by molar-refractivity contribution is 6.36. The largest absolute Gasteiger partial charge is 0.455 e. The van der Waals surface area contributed by atoms with Crippen molar-refractivity contribution in [3.63, 3.8) is 0 Å². The number of halogens is 2. The molecule has 4 rings (SSSR count). The minimum absolute atomic E-state index is 0.0168. The first-order chi connectivity index (χ1) is 12.5. The molecule has 1 amide bonds. The van der Waals surface area contributed by atoms with E-state index in [9.17, 15) is 4.79 Å². The van der Waals surface area contributed by atoms with E-state index in [1.165, 1.54) is 19.1 Å². The van der Waals surface area contributed by atoms with Crippen molar-refractivity contribution in [2.75, 3.05) is 0 Å². The number of furan rings is 1. The monoisotopic (exact) mass is 390 g/mol. The number of hydrazone groups is 1. The van der Waals surface area contributed by atoms with Gasteiger partial charge in [-0.25, -0.2) is 5.43 Å². The van der Waals surface area contributed by atoms with E-state index in [1.807, 2.05) is 12.1 Å². The molecule has 2 aliphatic carbocycles. The predicted molar refractivity (Wildman–Crippen MR) is 103 cm³/mol. The van der Waals surface area contributed by atoms with E-state index in [1.54, 1.807) is 18.2 Å². The van der Waals surface area contributed by atoms with E-state index in [0.717, 1.165) is 18.4 Å². The maximum absolute atomic E-state index is 12.4. The van der Waals surface area contributed by atoms with E-state index >= 15 is 0 Å². The summed E-state index contributed by atoms with van der Waals surface area (Å²) in [4.78, 5) is 12.4. The Morgan fingerprint density at radius 1 is 1.31 bits per heavy atom. The molecule has 1 aromatic heterocycles. The Labute approximate surface area is 162 Å². The summed E-state index contributed by atoms with van der Waals surface area (Å²) in [6.07, 6.45) is 6.27. The highest BCUT2D eigenvalue weighted by atomic mass is 35.5. The lowest BCUT2D eigenvalue weighted by molar-refractivity contribution is -0.123. The van der Waals surface area contributed by atoms with E-state index in [4.69, 9.17) is 27.6 Å². The number of nitrogens with one attached hydrogen (secondary N) is 1. The second-order valence-electron chi connectivity index (χ2n) is 7.40. The molecule has 2 aromatic rings. The van der Waals surface area contributed by atoms with E-state index in [-0.39, 0.29) is 17.2 Å². The molecule has 6 heteroatoms. The van der Waals surface area contributed by atoms with Gasteiger partial charge in [-0.15, -0.1) is 0 Å². The second-order valence-corrected chi connectivity index (χ2v) is 8.24. The number of carbonyl (C=O) groups excluding carboxylic acids is 1. The topological polar surface area (TPSA) is 54.6 Å². The summed E-state index contributed by atoms with van der Waals surface area (Å²) in [5.41, 5.74) is 3.61. The standard InChI is InChI=1S/C20H20Cl2N2O2/c1-20-9-3-2-4-15(20)18(20)19(25)24-23-11-13-6-8-17(26-13)14-7-5-12(21)10-16(14)22/h5-8,10-11,15,18H,2-4,9H2,1H3,(H,24,25)/b23-11-/t15-,18+,20+/m1/s1. The van der Waals surface area contributed by atoms with Crippen molar-refractivity contribution in [2.24, 2.45) is 22.4 Å². The third-order valence-electron chi connectivity index (χ3n) is 5.80. The number of nitrogens with zero attached hydrogens (tertiary/aromatic N) is 1. The molecule has 0 radical (unpaired) electrons. The molecule has 136 valence electrons. The molecule has 3 atom stereocenters. The lowest BCUT2D eigenvalue weighted by Crippen LogP contribution is -2.22. The second kappa shape index (κ2) is 6.75. The van der Waals surface area contributed by atoms with Gasteiger partial charge in [0.25, 0.3) is 0 Å². The first-order valence-electron chi connectivity index (χ1n) is 8.87. The van der Waals surface area contributed by atoms with Gasteiger partial charge < -0.3 is 4.42 Å². The highest BCUT2D eigenvalue weighted by Gasteiger charge is 2.64. The lowest BCUT2D eigenvalue weighted by Gasteiger charge is -2.15. The molecule has 2 fully saturated rings. The molecule has 2 saturated carbocycles. The molecule has 0 unspecified atom stereocenters. The first-order valence-corrected chi connectivity index (χ1v) is 9.63. The summed E-state index contributed by atoms with van der Waals surface area (Å²) < 4.78 is 5.73. The summed E-state index contributed by atoms with van der Waals surface area (Å²) in [5, 5.41) is 5.16. The van der Waals surface area contributed by atoms with Gasteiger partial charge in [-0.3, -0.25) is 4.79 Å².